The van der Waals surface area contributed by atoms with Crippen LogP contribution in [0.2, 0.25) is 10.0 Å². The minimum Gasteiger partial charge on any atom is -0.381 e. The number of anilines is 2. The molecule has 2 N–H and O–H groups in total. The minimum absolute atomic E-state index is 0.196. The Morgan fingerprint density at radius 3 is 2.67 bits per heavy atom. The highest BCUT2D eigenvalue weighted by molar-refractivity contribution is 6.42. The molecule has 4 heteroatoms. The molecule has 18 heavy (non-hydrogen) atoms. The van der Waals surface area contributed by atoms with Gasteiger partial charge in [0.05, 0.1) is 27.0 Å². The van der Waals surface area contributed by atoms with Crippen LogP contribution in [0.1, 0.15) is 32.6 Å². The van der Waals surface area contributed by atoms with Crippen molar-refractivity contribution in [1.82, 2.24) is 0 Å². The largest absolute Gasteiger partial charge is 0.381 e. The number of hydrogen-bond donors (Lipinski definition) is 2. The molecule has 1 aromatic carbocycles. The van der Waals surface area contributed by atoms with E-state index < -0.39 is 0 Å². The van der Waals surface area contributed by atoms with Crippen LogP contribution < -0.4 is 10.6 Å². The predicted molar refractivity (Wildman–Crippen MR) is 78.9 cm³/mol. The molecular formula is C14H18Cl2N2. The van der Waals surface area contributed by atoms with Crippen LogP contribution in [0.4, 0.5) is 11.4 Å². The Morgan fingerprint density at radius 2 is 1.94 bits per heavy atom. The van der Waals surface area contributed by atoms with Crippen molar-refractivity contribution in [2.24, 2.45) is 5.92 Å². The maximum atomic E-state index is 6.10. The highest BCUT2D eigenvalue weighted by atomic mass is 35.5. The molecule has 1 aliphatic heterocycles. The van der Waals surface area contributed by atoms with E-state index in [1.807, 2.05) is 12.1 Å². The fourth-order valence-corrected chi connectivity index (χ4v) is 3.65. The van der Waals surface area contributed by atoms with Crippen molar-refractivity contribution in [2.45, 2.75) is 38.1 Å². The number of fused-ring (bicyclic) bond motifs is 1. The summed E-state index contributed by atoms with van der Waals surface area (Å²) in [5.41, 5.74) is 2.35. The minimum atomic E-state index is 0.196. The van der Waals surface area contributed by atoms with Crippen LogP contribution in [-0.4, -0.2) is 12.1 Å². The molecule has 1 aromatic rings. The average Bonchev–Trinajstić information content (AvgIpc) is 2.31. The molecule has 1 fully saturated rings. The molecule has 1 aliphatic carbocycles. The van der Waals surface area contributed by atoms with Gasteiger partial charge in [0.25, 0.3) is 0 Å². The zero-order chi connectivity index (χ0) is 12.8. The second-order valence-electron chi connectivity index (χ2n) is 5.77. The van der Waals surface area contributed by atoms with E-state index in [4.69, 9.17) is 23.2 Å². The van der Waals surface area contributed by atoms with E-state index in [0.29, 0.717) is 10.0 Å². The molecule has 0 radical (unpaired) electrons. The van der Waals surface area contributed by atoms with Crippen molar-refractivity contribution in [2.75, 3.05) is 17.2 Å². The van der Waals surface area contributed by atoms with Crippen molar-refractivity contribution >= 4 is 34.6 Å². The molecule has 0 bridgehead atoms. The first-order valence-electron chi connectivity index (χ1n) is 6.59. The zero-order valence-corrected chi connectivity index (χ0v) is 12.0. The first kappa shape index (κ1) is 12.4. The van der Waals surface area contributed by atoms with Crippen molar-refractivity contribution in [1.29, 1.82) is 0 Å². The standard InChI is InChI=1S/C14H18Cl2N2/c1-9-3-2-4-14(7-9)8-17-12-5-10(15)11(16)6-13(12)18-14/h5-6,9,17-18H,2-4,7-8H2,1H3. The average molecular weight is 285 g/mol. The third kappa shape index (κ3) is 2.17. The maximum absolute atomic E-state index is 6.10. The topological polar surface area (TPSA) is 24.1 Å². The van der Waals surface area contributed by atoms with Crippen LogP contribution >= 0.6 is 23.2 Å². The Hall–Kier alpha value is -0.600. The van der Waals surface area contributed by atoms with E-state index in [0.717, 1.165) is 23.8 Å². The Labute approximate surface area is 118 Å². The van der Waals surface area contributed by atoms with Crippen LogP contribution in [0.15, 0.2) is 12.1 Å². The molecule has 0 amide bonds. The molecule has 1 spiro atoms. The normalized spacial score (nSPS) is 30.5. The lowest BCUT2D eigenvalue weighted by Crippen LogP contribution is -2.50. The molecule has 3 rings (SSSR count). The molecule has 1 heterocycles. The summed E-state index contributed by atoms with van der Waals surface area (Å²) in [7, 11) is 0. The Kier molecular flexibility index (Phi) is 3.11. The van der Waals surface area contributed by atoms with Gasteiger partial charge in [-0.25, -0.2) is 0 Å². The summed E-state index contributed by atoms with van der Waals surface area (Å²) in [6, 6.07) is 3.84. The van der Waals surface area contributed by atoms with E-state index in [-0.39, 0.29) is 5.54 Å². The van der Waals surface area contributed by atoms with Gasteiger partial charge in [-0.1, -0.05) is 43.0 Å². The number of benzene rings is 1. The maximum Gasteiger partial charge on any atom is 0.0614 e. The Balaban J connectivity index is 1.90. The van der Waals surface area contributed by atoms with Crippen LogP contribution in [0.5, 0.6) is 0 Å². The number of nitrogens with one attached hydrogen (secondary N) is 2. The van der Waals surface area contributed by atoms with Gasteiger partial charge in [-0.05, 0) is 30.9 Å². The van der Waals surface area contributed by atoms with Gasteiger partial charge in [0.2, 0.25) is 0 Å². The summed E-state index contributed by atoms with van der Waals surface area (Å²) in [4.78, 5) is 0. The van der Waals surface area contributed by atoms with Gasteiger partial charge < -0.3 is 10.6 Å². The second-order valence-corrected chi connectivity index (χ2v) is 6.59. The highest BCUT2D eigenvalue weighted by Gasteiger charge is 2.37. The monoisotopic (exact) mass is 284 g/mol. The SMILES string of the molecule is CC1CCCC2(CNc3cc(Cl)c(Cl)cc3N2)C1. The van der Waals surface area contributed by atoms with Crippen molar-refractivity contribution < 1.29 is 0 Å². The first-order valence-corrected chi connectivity index (χ1v) is 7.35. The van der Waals surface area contributed by atoms with E-state index in [1.54, 1.807) is 0 Å². The summed E-state index contributed by atoms with van der Waals surface area (Å²) in [5.74, 6) is 0.789. The van der Waals surface area contributed by atoms with E-state index >= 15 is 0 Å². The van der Waals surface area contributed by atoms with Crippen molar-refractivity contribution in [3.05, 3.63) is 22.2 Å². The highest BCUT2D eigenvalue weighted by Crippen LogP contribution is 2.42. The van der Waals surface area contributed by atoms with Gasteiger partial charge in [-0.3, -0.25) is 0 Å². The predicted octanol–water partition coefficient (Wildman–Crippen LogP) is 4.78. The van der Waals surface area contributed by atoms with Gasteiger partial charge in [-0.15, -0.1) is 0 Å². The third-order valence-electron chi connectivity index (χ3n) is 4.17. The fourth-order valence-electron chi connectivity index (χ4n) is 3.32. The molecule has 0 aromatic heterocycles. The fraction of sp³-hybridized carbons (Fsp3) is 0.571. The van der Waals surface area contributed by atoms with Crippen molar-refractivity contribution in [3.8, 4) is 0 Å². The molecule has 98 valence electrons. The lowest BCUT2D eigenvalue weighted by molar-refractivity contribution is 0.266. The second kappa shape index (κ2) is 4.50. The summed E-state index contributed by atoms with van der Waals surface area (Å²) < 4.78 is 0. The van der Waals surface area contributed by atoms with E-state index in [1.165, 1.54) is 25.7 Å². The number of rotatable bonds is 0. The third-order valence-corrected chi connectivity index (χ3v) is 4.89. The van der Waals surface area contributed by atoms with E-state index in [9.17, 15) is 0 Å². The van der Waals surface area contributed by atoms with Crippen LogP contribution in [-0.2, 0) is 0 Å². The summed E-state index contributed by atoms with van der Waals surface area (Å²) in [5, 5.41) is 8.44. The van der Waals surface area contributed by atoms with Crippen molar-refractivity contribution in [3.63, 3.8) is 0 Å². The number of hydrogen-bond acceptors (Lipinski definition) is 2. The molecule has 2 atom stereocenters. The summed E-state index contributed by atoms with van der Waals surface area (Å²) in [6.45, 7) is 3.31. The van der Waals surface area contributed by atoms with Crippen LogP contribution in [0.25, 0.3) is 0 Å². The van der Waals surface area contributed by atoms with Gasteiger partial charge in [-0.2, -0.15) is 0 Å². The smallest absolute Gasteiger partial charge is 0.0614 e. The van der Waals surface area contributed by atoms with Gasteiger partial charge in [0, 0.05) is 6.54 Å². The zero-order valence-electron chi connectivity index (χ0n) is 10.5. The molecule has 1 saturated carbocycles. The van der Waals surface area contributed by atoms with Crippen LogP contribution in [0, 0.1) is 5.92 Å². The van der Waals surface area contributed by atoms with E-state index in [2.05, 4.69) is 17.6 Å². The lowest BCUT2D eigenvalue weighted by atomic mass is 9.75. The molecule has 0 saturated heterocycles. The van der Waals surface area contributed by atoms with Gasteiger partial charge in [0.1, 0.15) is 0 Å². The quantitative estimate of drug-likeness (QED) is 0.716. The summed E-state index contributed by atoms with van der Waals surface area (Å²) >= 11 is 12.1. The molecular weight excluding hydrogens is 267 g/mol. The molecule has 2 aliphatic rings. The first-order chi connectivity index (χ1) is 8.58. The molecule has 2 nitrogen and oxygen atoms in total. The summed E-state index contributed by atoms with van der Waals surface area (Å²) in [6.07, 6.45) is 5.09. The Bertz CT molecular complexity index is 475. The lowest BCUT2D eigenvalue weighted by Gasteiger charge is -2.45. The van der Waals surface area contributed by atoms with Gasteiger partial charge in [0.15, 0.2) is 0 Å². The van der Waals surface area contributed by atoms with Crippen LogP contribution in [0.3, 0.4) is 0 Å². The Morgan fingerprint density at radius 1 is 1.22 bits per heavy atom. The number of halogens is 2. The van der Waals surface area contributed by atoms with Gasteiger partial charge >= 0.3 is 0 Å². The molecule has 2 unspecified atom stereocenters.